The maximum Gasteiger partial charge on any atom is 0.258 e. The zero-order valence-electron chi connectivity index (χ0n) is 9.88. The Kier molecular flexibility index (Phi) is 3.39. The van der Waals surface area contributed by atoms with Gasteiger partial charge in [0.15, 0.2) is 5.82 Å². The van der Waals surface area contributed by atoms with Crippen molar-refractivity contribution in [3.05, 3.63) is 30.1 Å². The number of nitrogens with zero attached hydrogens (tertiary/aromatic N) is 2. The topological polar surface area (TPSA) is 74.2 Å². The summed E-state index contributed by atoms with van der Waals surface area (Å²) in [4.78, 5) is 4.16. The second kappa shape index (κ2) is 4.97. The van der Waals surface area contributed by atoms with Crippen molar-refractivity contribution in [2.75, 3.05) is 0 Å². The van der Waals surface area contributed by atoms with Crippen molar-refractivity contribution in [2.45, 2.75) is 26.5 Å². The molecule has 0 fully saturated rings. The fraction of sp³-hybridized carbons (Fsp3) is 0.333. The zero-order valence-corrected chi connectivity index (χ0v) is 9.88. The van der Waals surface area contributed by atoms with E-state index in [2.05, 4.69) is 10.1 Å². The van der Waals surface area contributed by atoms with E-state index in [-0.39, 0.29) is 12.6 Å². The molecule has 5 heteroatoms. The SMILES string of the molecule is CC(C)Oc1cccc(-c2nc(CN)no2)c1. The van der Waals surface area contributed by atoms with Gasteiger partial charge in [-0.05, 0) is 32.0 Å². The quantitative estimate of drug-likeness (QED) is 0.874. The van der Waals surface area contributed by atoms with Gasteiger partial charge in [0, 0.05) is 5.56 Å². The fourth-order valence-electron chi connectivity index (χ4n) is 1.43. The van der Waals surface area contributed by atoms with Crippen molar-refractivity contribution in [2.24, 2.45) is 5.73 Å². The maximum atomic E-state index is 5.59. The molecule has 1 heterocycles. The number of nitrogens with two attached hydrogens (primary N) is 1. The van der Waals surface area contributed by atoms with E-state index in [0.29, 0.717) is 11.7 Å². The van der Waals surface area contributed by atoms with E-state index in [1.165, 1.54) is 0 Å². The Hall–Kier alpha value is -1.88. The monoisotopic (exact) mass is 233 g/mol. The van der Waals surface area contributed by atoms with Crippen molar-refractivity contribution < 1.29 is 9.26 Å². The third-order valence-electron chi connectivity index (χ3n) is 2.10. The fourth-order valence-corrected chi connectivity index (χ4v) is 1.43. The molecule has 90 valence electrons. The number of aromatic nitrogens is 2. The molecule has 0 unspecified atom stereocenters. The van der Waals surface area contributed by atoms with Crippen molar-refractivity contribution in [1.29, 1.82) is 0 Å². The van der Waals surface area contributed by atoms with Crippen molar-refractivity contribution in [3.8, 4) is 17.2 Å². The molecular weight excluding hydrogens is 218 g/mol. The summed E-state index contributed by atoms with van der Waals surface area (Å²) in [5, 5.41) is 3.75. The highest BCUT2D eigenvalue weighted by molar-refractivity contribution is 5.55. The lowest BCUT2D eigenvalue weighted by molar-refractivity contribution is 0.242. The second-order valence-corrected chi connectivity index (χ2v) is 3.91. The lowest BCUT2D eigenvalue weighted by atomic mass is 10.2. The molecule has 2 rings (SSSR count). The highest BCUT2D eigenvalue weighted by Gasteiger charge is 2.08. The molecule has 0 spiro atoms. The van der Waals surface area contributed by atoms with Crippen LogP contribution in [0.4, 0.5) is 0 Å². The zero-order chi connectivity index (χ0) is 12.3. The summed E-state index contributed by atoms with van der Waals surface area (Å²) in [6, 6.07) is 7.54. The van der Waals surface area contributed by atoms with Crippen molar-refractivity contribution >= 4 is 0 Å². The Bertz CT molecular complexity index is 494. The number of rotatable bonds is 4. The minimum absolute atomic E-state index is 0.132. The van der Waals surface area contributed by atoms with Gasteiger partial charge in [-0.25, -0.2) is 0 Å². The first-order valence-corrected chi connectivity index (χ1v) is 5.49. The summed E-state index contributed by atoms with van der Waals surface area (Å²) in [5.41, 5.74) is 6.26. The van der Waals surface area contributed by atoms with Gasteiger partial charge in [-0.2, -0.15) is 4.98 Å². The minimum Gasteiger partial charge on any atom is -0.491 e. The average molecular weight is 233 g/mol. The average Bonchev–Trinajstić information content (AvgIpc) is 2.77. The Morgan fingerprint density at radius 1 is 1.41 bits per heavy atom. The second-order valence-electron chi connectivity index (χ2n) is 3.91. The summed E-state index contributed by atoms with van der Waals surface area (Å²) < 4.78 is 10.7. The Morgan fingerprint density at radius 2 is 2.24 bits per heavy atom. The summed E-state index contributed by atoms with van der Waals surface area (Å²) in [6.07, 6.45) is 0.132. The number of hydrogen-bond acceptors (Lipinski definition) is 5. The van der Waals surface area contributed by atoms with Gasteiger partial charge >= 0.3 is 0 Å². The van der Waals surface area contributed by atoms with Crippen LogP contribution in [-0.2, 0) is 6.54 Å². The normalized spacial score (nSPS) is 10.8. The first-order valence-electron chi connectivity index (χ1n) is 5.49. The maximum absolute atomic E-state index is 5.59. The van der Waals surface area contributed by atoms with Crippen LogP contribution >= 0.6 is 0 Å². The minimum atomic E-state index is 0.132. The van der Waals surface area contributed by atoms with E-state index in [1.54, 1.807) is 0 Å². The molecule has 0 saturated heterocycles. The van der Waals surface area contributed by atoms with Gasteiger partial charge in [0.25, 0.3) is 5.89 Å². The van der Waals surface area contributed by atoms with E-state index in [4.69, 9.17) is 15.0 Å². The summed E-state index contributed by atoms with van der Waals surface area (Å²) >= 11 is 0. The van der Waals surface area contributed by atoms with Gasteiger partial charge in [0.05, 0.1) is 12.6 Å². The van der Waals surface area contributed by atoms with Crippen LogP contribution in [-0.4, -0.2) is 16.2 Å². The van der Waals surface area contributed by atoms with Crippen LogP contribution in [0.5, 0.6) is 5.75 Å². The van der Waals surface area contributed by atoms with Crippen molar-refractivity contribution in [1.82, 2.24) is 10.1 Å². The largest absolute Gasteiger partial charge is 0.491 e. The first kappa shape index (κ1) is 11.6. The van der Waals surface area contributed by atoms with Crippen LogP contribution in [0.2, 0.25) is 0 Å². The van der Waals surface area contributed by atoms with Gasteiger partial charge in [0.2, 0.25) is 0 Å². The third-order valence-corrected chi connectivity index (χ3v) is 2.10. The molecule has 0 radical (unpaired) electrons. The molecule has 0 aliphatic heterocycles. The van der Waals surface area contributed by atoms with Crippen LogP contribution in [0.25, 0.3) is 11.5 Å². The molecular formula is C12H15N3O2. The van der Waals surface area contributed by atoms with Gasteiger partial charge in [-0.1, -0.05) is 11.2 Å². The van der Waals surface area contributed by atoms with Gasteiger partial charge in [0.1, 0.15) is 5.75 Å². The molecule has 5 nitrogen and oxygen atoms in total. The standard InChI is InChI=1S/C12H15N3O2/c1-8(2)16-10-5-3-4-9(6-10)12-14-11(7-13)15-17-12/h3-6,8H,7,13H2,1-2H3. The van der Waals surface area contributed by atoms with Crippen LogP contribution < -0.4 is 10.5 Å². The molecule has 0 atom stereocenters. The van der Waals surface area contributed by atoms with Crippen LogP contribution in [0.1, 0.15) is 19.7 Å². The van der Waals surface area contributed by atoms with Crippen LogP contribution in [0.15, 0.2) is 28.8 Å². The predicted octanol–water partition coefficient (Wildman–Crippen LogP) is 1.98. The first-order chi connectivity index (χ1) is 8.19. The molecule has 0 bridgehead atoms. The Labute approximate surface area is 99.6 Å². The molecule has 0 aliphatic rings. The molecule has 1 aromatic heterocycles. The lowest BCUT2D eigenvalue weighted by Gasteiger charge is -2.09. The number of hydrogen-bond donors (Lipinski definition) is 1. The highest BCUT2D eigenvalue weighted by atomic mass is 16.5. The Morgan fingerprint density at radius 3 is 2.88 bits per heavy atom. The molecule has 0 aliphatic carbocycles. The van der Waals surface area contributed by atoms with Gasteiger partial charge in [-0.3, -0.25) is 0 Å². The lowest BCUT2D eigenvalue weighted by Crippen LogP contribution is -2.05. The molecule has 2 N–H and O–H groups in total. The molecule has 0 saturated carbocycles. The van der Waals surface area contributed by atoms with Crippen LogP contribution in [0, 0.1) is 0 Å². The van der Waals surface area contributed by atoms with E-state index in [9.17, 15) is 0 Å². The molecule has 2 aromatic rings. The molecule has 0 amide bonds. The summed E-state index contributed by atoms with van der Waals surface area (Å²) in [7, 11) is 0. The highest BCUT2D eigenvalue weighted by Crippen LogP contribution is 2.22. The van der Waals surface area contributed by atoms with Gasteiger partial charge in [-0.15, -0.1) is 0 Å². The smallest absolute Gasteiger partial charge is 0.258 e. The summed E-state index contributed by atoms with van der Waals surface area (Å²) in [6.45, 7) is 4.23. The van der Waals surface area contributed by atoms with E-state index in [0.717, 1.165) is 11.3 Å². The third kappa shape index (κ3) is 2.82. The van der Waals surface area contributed by atoms with Gasteiger partial charge < -0.3 is 15.0 Å². The number of ether oxygens (including phenoxy) is 1. The van der Waals surface area contributed by atoms with Crippen molar-refractivity contribution in [3.63, 3.8) is 0 Å². The Balaban J connectivity index is 2.26. The molecule has 1 aromatic carbocycles. The molecule has 17 heavy (non-hydrogen) atoms. The van der Waals surface area contributed by atoms with Crippen LogP contribution in [0.3, 0.4) is 0 Å². The van der Waals surface area contributed by atoms with E-state index in [1.807, 2.05) is 38.1 Å². The number of benzene rings is 1. The predicted molar refractivity (Wildman–Crippen MR) is 63.4 cm³/mol. The summed E-state index contributed by atoms with van der Waals surface area (Å²) in [5.74, 6) is 1.74. The van der Waals surface area contributed by atoms with E-state index < -0.39 is 0 Å². The van der Waals surface area contributed by atoms with E-state index >= 15 is 0 Å².